The van der Waals surface area contributed by atoms with Crippen molar-refractivity contribution < 1.29 is 0 Å². The van der Waals surface area contributed by atoms with Crippen LogP contribution in [0, 0.1) is 25.2 Å². The third-order valence-electron chi connectivity index (χ3n) is 12.5. The Hall–Kier alpha value is -7.88. The molecule has 0 saturated heterocycles. The second-order valence-corrected chi connectivity index (χ2v) is 16.1. The Morgan fingerprint density at radius 3 is 1.41 bits per heavy atom. The molecular formula is C55H42N6. The standard InChI is InChI=1S/C55H42N6/c1-6-36(4)58(5)54-32-47(37-27-34(2)57-35(3)28-37)38(33-56)29-55(54)61-52-30-39(59-48-19-11-7-15-41(48)42-16-8-12-20-49(42)59)23-25-45(52)46-26-24-40(31-53(46)61)60-50-21-13-9-17-43(50)44-18-10-14-22-51(44)60/h7-32H,4,6H2,1-3,5H3. The quantitative estimate of drug-likeness (QED) is 0.162. The minimum Gasteiger partial charge on any atom is -0.347 e. The van der Waals surface area contributed by atoms with Gasteiger partial charge in [-0.15, -0.1) is 0 Å². The summed E-state index contributed by atoms with van der Waals surface area (Å²) in [5.41, 5.74) is 15.9. The number of nitrogens with zero attached hydrogens (tertiary/aromatic N) is 6. The van der Waals surface area contributed by atoms with E-state index in [1.165, 1.54) is 21.5 Å². The van der Waals surface area contributed by atoms with Crippen LogP contribution >= 0.6 is 0 Å². The van der Waals surface area contributed by atoms with Gasteiger partial charge in [0.15, 0.2) is 0 Å². The fourth-order valence-corrected chi connectivity index (χ4v) is 9.69. The summed E-state index contributed by atoms with van der Waals surface area (Å²) in [6, 6.07) is 59.2. The lowest BCUT2D eigenvalue weighted by molar-refractivity contribution is 0.975. The molecule has 0 saturated carbocycles. The Kier molecular flexibility index (Phi) is 8.23. The molecule has 0 aliphatic carbocycles. The maximum atomic E-state index is 11.0. The van der Waals surface area contributed by atoms with E-state index >= 15 is 0 Å². The van der Waals surface area contributed by atoms with Crippen molar-refractivity contribution in [2.24, 2.45) is 0 Å². The highest BCUT2D eigenvalue weighted by molar-refractivity contribution is 6.14. The topological polar surface area (TPSA) is 54.7 Å². The number of aromatic nitrogens is 4. The highest BCUT2D eigenvalue weighted by Gasteiger charge is 2.23. The van der Waals surface area contributed by atoms with Gasteiger partial charge in [-0.25, -0.2) is 0 Å². The van der Waals surface area contributed by atoms with E-state index < -0.39 is 0 Å². The average molecular weight is 787 g/mol. The maximum absolute atomic E-state index is 11.0. The van der Waals surface area contributed by atoms with Crippen molar-refractivity contribution in [2.45, 2.75) is 27.2 Å². The Labute approximate surface area is 354 Å². The number of rotatable bonds is 7. The van der Waals surface area contributed by atoms with E-state index in [0.29, 0.717) is 5.56 Å². The van der Waals surface area contributed by atoms with Crippen LogP contribution in [0.3, 0.4) is 0 Å². The number of anilines is 1. The molecule has 6 heteroatoms. The molecule has 61 heavy (non-hydrogen) atoms. The molecule has 11 rings (SSSR count). The van der Waals surface area contributed by atoms with Gasteiger partial charge < -0.3 is 18.6 Å². The van der Waals surface area contributed by atoms with Crippen molar-refractivity contribution >= 4 is 71.1 Å². The van der Waals surface area contributed by atoms with Crippen molar-refractivity contribution in [1.29, 1.82) is 5.26 Å². The van der Waals surface area contributed by atoms with Crippen LogP contribution < -0.4 is 4.90 Å². The van der Waals surface area contributed by atoms with Crippen LogP contribution in [-0.4, -0.2) is 25.7 Å². The van der Waals surface area contributed by atoms with Crippen LogP contribution in [0.15, 0.2) is 170 Å². The van der Waals surface area contributed by atoms with E-state index in [1.54, 1.807) is 0 Å². The highest BCUT2D eigenvalue weighted by atomic mass is 15.1. The van der Waals surface area contributed by atoms with Crippen molar-refractivity contribution in [3.63, 3.8) is 0 Å². The molecule has 0 fully saturated rings. The summed E-state index contributed by atoms with van der Waals surface area (Å²) in [6.07, 6.45) is 0.766. The van der Waals surface area contributed by atoms with Gasteiger partial charge >= 0.3 is 0 Å². The number of pyridine rings is 1. The Balaban J connectivity index is 1.27. The van der Waals surface area contributed by atoms with E-state index in [9.17, 15) is 5.26 Å². The predicted molar refractivity (Wildman–Crippen MR) is 255 cm³/mol. The summed E-state index contributed by atoms with van der Waals surface area (Å²) < 4.78 is 7.13. The largest absolute Gasteiger partial charge is 0.347 e. The fraction of sp³-hybridized carbons (Fsp3) is 0.0909. The van der Waals surface area contributed by atoms with Gasteiger partial charge in [-0.3, -0.25) is 4.98 Å². The molecule has 0 bridgehead atoms. The van der Waals surface area contributed by atoms with Crippen molar-refractivity contribution in [3.05, 3.63) is 187 Å². The zero-order valence-electron chi connectivity index (χ0n) is 34.6. The molecule has 0 spiro atoms. The van der Waals surface area contributed by atoms with Crippen molar-refractivity contribution in [1.82, 2.24) is 18.7 Å². The molecule has 292 valence electrons. The number of fused-ring (bicyclic) bond motifs is 9. The number of allylic oxidation sites excluding steroid dienone is 1. The molecule has 0 radical (unpaired) electrons. The summed E-state index contributed by atoms with van der Waals surface area (Å²) in [5.74, 6) is 0. The molecule has 4 heterocycles. The number of hydrogen-bond acceptors (Lipinski definition) is 3. The summed E-state index contributed by atoms with van der Waals surface area (Å²) >= 11 is 0. The first-order valence-corrected chi connectivity index (χ1v) is 20.8. The lowest BCUT2D eigenvalue weighted by atomic mass is 9.97. The average Bonchev–Trinajstić information content (AvgIpc) is 3.93. The lowest BCUT2D eigenvalue weighted by Gasteiger charge is -2.26. The normalized spacial score (nSPS) is 11.7. The smallest absolute Gasteiger partial charge is 0.0998 e. The first-order valence-electron chi connectivity index (χ1n) is 20.8. The Bertz CT molecular complexity index is 3360. The lowest BCUT2D eigenvalue weighted by Crippen LogP contribution is -2.18. The number of nitriles is 1. The van der Waals surface area contributed by atoms with E-state index in [4.69, 9.17) is 0 Å². The summed E-state index contributed by atoms with van der Waals surface area (Å²) in [5, 5.41) is 18.1. The second kappa shape index (κ2) is 13.9. The molecule has 0 amide bonds. The molecule has 0 unspecified atom stereocenters. The monoisotopic (exact) mass is 786 g/mol. The third-order valence-corrected chi connectivity index (χ3v) is 12.5. The molecular weight excluding hydrogens is 745 g/mol. The van der Waals surface area contributed by atoms with Gasteiger partial charge in [0.05, 0.1) is 56.1 Å². The third kappa shape index (κ3) is 5.51. The fourth-order valence-electron chi connectivity index (χ4n) is 9.69. The first kappa shape index (κ1) is 36.2. The molecule has 0 aliphatic rings. The van der Waals surface area contributed by atoms with E-state index in [0.717, 1.165) is 101 Å². The number of benzene rings is 7. The van der Waals surface area contributed by atoms with Crippen molar-refractivity contribution in [3.8, 4) is 34.3 Å². The number of hydrogen-bond donors (Lipinski definition) is 0. The SMILES string of the molecule is C=C(CC)N(C)c1cc(-c2cc(C)nc(C)c2)c(C#N)cc1-n1c2cc(-n3c4ccccc4c4ccccc43)ccc2c2ccc(-n3c4ccccc4c4ccccc43)cc21. The molecule has 0 N–H and O–H groups in total. The molecule has 11 aromatic rings. The molecule has 0 aliphatic heterocycles. The Morgan fingerprint density at radius 1 is 0.557 bits per heavy atom. The van der Waals surface area contributed by atoms with Crippen LogP contribution in [-0.2, 0) is 0 Å². The summed E-state index contributed by atoms with van der Waals surface area (Å²) in [6.45, 7) is 10.7. The minimum absolute atomic E-state index is 0.589. The Morgan fingerprint density at radius 2 is 0.984 bits per heavy atom. The molecule has 6 nitrogen and oxygen atoms in total. The summed E-state index contributed by atoms with van der Waals surface area (Å²) in [7, 11) is 2.09. The van der Waals surface area contributed by atoms with Crippen LogP contribution in [0.1, 0.15) is 30.3 Å². The van der Waals surface area contributed by atoms with Gasteiger partial charge in [-0.05, 0) is 98.6 Å². The van der Waals surface area contributed by atoms with Crippen LogP contribution in [0.2, 0.25) is 0 Å². The molecule has 7 aromatic carbocycles. The van der Waals surface area contributed by atoms with Crippen LogP contribution in [0.4, 0.5) is 5.69 Å². The highest BCUT2D eigenvalue weighted by Crippen LogP contribution is 2.43. The van der Waals surface area contributed by atoms with E-state index in [2.05, 4.69) is 208 Å². The van der Waals surface area contributed by atoms with Gasteiger partial charge in [0, 0.05) is 73.4 Å². The zero-order chi connectivity index (χ0) is 41.5. The minimum atomic E-state index is 0.589. The van der Waals surface area contributed by atoms with Gasteiger partial charge in [0.25, 0.3) is 0 Å². The van der Waals surface area contributed by atoms with Gasteiger partial charge in [0.1, 0.15) is 0 Å². The molecule has 4 aromatic heterocycles. The van der Waals surface area contributed by atoms with Gasteiger partial charge in [0.2, 0.25) is 0 Å². The van der Waals surface area contributed by atoms with Crippen LogP contribution in [0.5, 0.6) is 0 Å². The number of para-hydroxylation sites is 4. The first-order chi connectivity index (χ1) is 29.8. The number of aryl methyl sites for hydroxylation is 2. The summed E-state index contributed by atoms with van der Waals surface area (Å²) in [4.78, 5) is 6.85. The molecule has 0 atom stereocenters. The maximum Gasteiger partial charge on any atom is 0.0998 e. The second-order valence-electron chi connectivity index (χ2n) is 16.1. The van der Waals surface area contributed by atoms with Gasteiger partial charge in [-0.2, -0.15) is 5.26 Å². The van der Waals surface area contributed by atoms with E-state index in [1.807, 2.05) is 13.8 Å². The van der Waals surface area contributed by atoms with E-state index in [-0.39, 0.29) is 0 Å². The predicted octanol–water partition coefficient (Wildman–Crippen LogP) is 13.9. The zero-order valence-corrected chi connectivity index (χ0v) is 34.6. The van der Waals surface area contributed by atoms with Crippen LogP contribution in [0.25, 0.3) is 93.6 Å². The van der Waals surface area contributed by atoms with Crippen molar-refractivity contribution in [2.75, 3.05) is 11.9 Å². The van der Waals surface area contributed by atoms with Gasteiger partial charge in [-0.1, -0.05) is 98.4 Å².